The van der Waals surface area contributed by atoms with Gasteiger partial charge in [-0.15, -0.1) is 8.58 Å². The molecule has 2 unspecified atom stereocenters. The molecule has 0 aromatic rings. The smallest absolute Gasteiger partial charge is 0.0559 e. The molecule has 1 saturated heterocycles. The van der Waals surface area contributed by atoms with E-state index < -0.39 is 0 Å². The third-order valence-electron chi connectivity index (χ3n) is 1.87. The molecule has 0 bridgehead atoms. The van der Waals surface area contributed by atoms with E-state index in [9.17, 15) is 0 Å². The first kappa shape index (κ1) is 9.95. The third kappa shape index (κ3) is 4.45. The van der Waals surface area contributed by atoms with Crippen molar-refractivity contribution in [1.82, 2.24) is 0 Å². The lowest BCUT2D eigenvalue weighted by molar-refractivity contribution is 0.123. The van der Waals surface area contributed by atoms with Crippen molar-refractivity contribution in [2.24, 2.45) is 0 Å². The van der Waals surface area contributed by atoms with Crippen LogP contribution in [0.3, 0.4) is 0 Å². The predicted molar refractivity (Wildman–Crippen MR) is 55.4 cm³/mol. The Hall–Kier alpha value is 0.870. The Labute approximate surface area is 79.2 Å². The first-order valence-electron chi connectivity index (χ1n) is 4.16. The molecule has 1 aliphatic rings. The Balaban J connectivity index is 1.81. The van der Waals surface area contributed by atoms with Crippen LogP contribution in [0.5, 0.6) is 0 Å². The molecule has 0 spiro atoms. The number of hydrogen-bond acceptors (Lipinski definition) is 1. The van der Waals surface area contributed by atoms with Gasteiger partial charge in [0.15, 0.2) is 0 Å². The van der Waals surface area contributed by atoms with Gasteiger partial charge in [0.05, 0.1) is 6.61 Å². The van der Waals surface area contributed by atoms with E-state index in [1.807, 2.05) is 0 Å². The molecule has 0 radical (unpaired) electrons. The minimum absolute atomic E-state index is 0.592. The summed E-state index contributed by atoms with van der Waals surface area (Å²) >= 11 is 3.40. The van der Waals surface area contributed by atoms with Crippen LogP contribution in [0.1, 0.15) is 19.8 Å². The van der Waals surface area contributed by atoms with Gasteiger partial charge in [0.1, 0.15) is 0 Å². The summed E-state index contributed by atoms with van der Waals surface area (Å²) in [6.07, 6.45) is 3.83. The first-order valence-corrected chi connectivity index (χ1v) is 6.48. The van der Waals surface area contributed by atoms with Crippen molar-refractivity contribution >= 4 is 24.5 Å². The van der Waals surface area contributed by atoms with E-state index in [0.717, 1.165) is 27.1 Å². The van der Waals surface area contributed by atoms with E-state index >= 15 is 0 Å². The summed E-state index contributed by atoms with van der Waals surface area (Å²) in [5.41, 5.74) is 0. The topological polar surface area (TPSA) is 9.23 Å². The lowest BCUT2D eigenvalue weighted by atomic mass is 10.2. The highest BCUT2D eigenvalue weighted by atomic mass is 79.9. The molecule has 0 aromatic carbocycles. The van der Waals surface area contributed by atoms with Gasteiger partial charge in [-0.3, -0.25) is 0 Å². The maximum atomic E-state index is 5.55. The van der Waals surface area contributed by atoms with Crippen LogP contribution in [0.25, 0.3) is 0 Å². The monoisotopic (exact) mass is 238 g/mol. The van der Waals surface area contributed by atoms with E-state index in [0.29, 0.717) is 5.16 Å². The second-order valence-corrected chi connectivity index (χ2v) is 6.07. The van der Waals surface area contributed by atoms with Crippen molar-refractivity contribution in [3.05, 3.63) is 0 Å². The van der Waals surface area contributed by atoms with Gasteiger partial charge in [-0.05, 0) is 19.0 Å². The number of hydrogen-bond donors (Lipinski definition) is 0. The van der Waals surface area contributed by atoms with Crippen LogP contribution in [0.4, 0.5) is 0 Å². The molecular weight excluding hydrogens is 223 g/mol. The number of unbranched alkanes of at least 4 members (excludes halogenated alkanes) is 1. The van der Waals surface area contributed by atoms with Gasteiger partial charge >= 0.3 is 0 Å². The van der Waals surface area contributed by atoms with E-state index in [-0.39, 0.29) is 0 Å². The summed E-state index contributed by atoms with van der Waals surface area (Å²) in [5, 5.41) is 1.70. The van der Waals surface area contributed by atoms with E-state index in [2.05, 4.69) is 22.9 Å². The van der Waals surface area contributed by atoms with Crippen molar-refractivity contribution in [2.75, 3.05) is 24.7 Å². The third-order valence-corrected chi connectivity index (χ3v) is 4.14. The number of alkyl halides is 1. The van der Waals surface area contributed by atoms with Gasteiger partial charge in [0, 0.05) is 17.1 Å². The summed E-state index contributed by atoms with van der Waals surface area (Å²) < 4.78 is 5.55. The molecule has 1 fully saturated rings. The number of ether oxygens (including phenoxy) is 1. The summed E-state index contributed by atoms with van der Waals surface area (Å²) in [7, 11) is 1.16. The van der Waals surface area contributed by atoms with Crippen LogP contribution in [0.15, 0.2) is 0 Å². The molecule has 11 heavy (non-hydrogen) atoms. The van der Waals surface area contributed by atoms with Crippen LogP contribution in [-0.4, -0.2) is 29.9 Å². The second kappa shape index (κ2) is 4.79. The van der Waals surface area contributed by atoms with Crippen LogP contribution in [0.2, 0.25) is 0 Å². The van der Waals surface area contributed by atoms with Crippen molar-refractivity contribution in [2.45, 2.75) is 24.9 Å². The van der Waals surface area contributed by atoms with Crippen molar-refractivity contribution < 1.29 is 4.74 Å². The van der Waals surface area contributed by atoms with Crippen molar-refractivity contribution in [3.8, 4) is 0 Å². The molecule has 1 nitrogen and oxygen atoms in total. The Bertz CT molecular complexity index is 115. The van der Waals surface area contributed by atoms with Gasteiger partial charge < -0.3 is 4.74 Å². The maximum absolute atomic E-state index is 5.55. The fraction of sp³-hybridized carbons (Fsp3) is 1.00. The van der Waals surface area contributed by atoms with Gasteiger partial charge in [-0.1, -0.05) is 22.9 Å². The van der Waals surface area contributed by atoms with E-state index in [1.54, 1.807) is 0 Å². The largest absolute Gasteiger partial charge is 0.381 e. The Kier molecular flexibility index (Phi) is 4.33. The maximum Gasteiger partial charge on any atom is 0.0559 e. The van der Waals surface area contributed by atoms with Gasteiger partial charge in [0.2, 0.25) is 0 Å². The fourth-order valence-electron chi connectivity index (χ4n) is 0.849. The standard InChI is InChI=1S/C8H16BrOP/c1-8(7-11-8)6-10-5-3-2-4-9/h11H,2-7H2,1H3. The van der Waals surface area contributed by atoms with Crippen molar-refractivity contribution in [1.29, 1.82) is 0 Å². The van der Waals surface area contributed by atoms with E-state index in [1.165, 1.54) is 19.0 Å². The summed E-state index contributed by atoms with van der Waals surface area (Å²) in [5.74, 6) is 0. The van der Waals surface area contributed by atoms with Gasteiger partial charge in [-0.25, -0.2) is 0 Å². The molecule has 3 heteroatoms. The molecule has 0 saturated carbocycles. The van der Waals surface area contributed by atoms with Crippen LogP contribution >= 0.6 is 24.5 Å². The normalized spacial score (nSPS) is 31.1. The molecule has 1 heterocycles. The minimum atomic E-state index is 0.592. The van der Waals surface area contributed by atoms with Gasteiger partial charge in [-0.2, -0.15) is 0 Å². The first-order chi connectivity index (χ1) is 5.27. The molecule has 1 rings (SSSR count). The second-order valence-electron chi connectivity index (χ2n) is 3.36. The molecule has 1 aliphatic heterocycles. The lowest BCUT2D eigenvalue weighted by Gasteiger charge is -2.07. The fourth-order valence-corrected chi connectivity index (χ4v) is 1.85. The molecule has 0 amide bonds. The van der Waals surface area contributed by atoms with Crippen LogP contribution < -0.4 is 0 Å². The predicted octanol–water partition coefficient (Wildman–Crippen LogP) is 2.63. The molecule has 2 atom stereocenters. The highest BCUT2D eigenvalue weighted by Gasteiger charge is 2.37. The SMILES string of the molecule is CC1(COCCCCBr)CP1. The highest BCUT2D eigenvalue weighted by molar-refractivity contribution is 9.09. The Morgan fingerprint density at radius 2 is 2.27 bits per heavy atom. The quantitative estimate of drug-likeness (QED) is 0.393. The van der Waals surface area contributed by atoms with Crippen LogP contribution in [-0.2, 0) is 4.74 Å². The van der Waals surface area contributed by atoms with Gasteiger partial charge in [0.25, 0.3) is 0 Å². The lowest BCUT2D eigenvalue weighted by Crippen LogP contribution is -2.12. The highest BCUT2D eigenvalue weighted by Crippen LogP contribution is 2.51. The average molecular weight is 239 g/mol. The molecule has 0 N–H and O–H groups in total. The Morgan fingerprint density at radius 3 is 2.82 bits per heavy atom. The summed E-state index contributed by atoms with van der Waals surface area (Å²) in [4.78, 5) is 0. The summed E-state index contributed by atoms with van der Waals surface area (Å²) in [6, 6.07) is 0. The minimum Gasteiger partial charge on any atom is -0.381 e. The zero-order valence-electron chi connectivity index (χ0n) is 7.03. The summed E-state index contributed by atoms with van der Waals surface area (Å²) in [6.45, 7) is 4.26. The number of rotatable bonds is 6. The van der Waals surface area contributed by atoms with E-state index in [4.69, 9.17) is 4.74 Å². The zero-order valence-corrected chi connectivity index (χ0v) is 9.61. The average Bonchev–Trinajstić information content (AvgIpc) is 2.69. The molecule has 66 valence electrons. The zero-order chi connectivity index (χ0) is 8.16. The van der Waals surface area contributed by atoms with Crippen molar-refractivity contribution in [3.63, 3.8) is 0 Å². The van der Waals surface area contributed by atoms with Crippen LogP contribution in [0, 0.1) is 0 Å². The molecular formula is C8H16BrOP. The molecule has 0 aromatic heterocycles. The Morgan fingerprint density at radius 1 is 1.55 bits per heavy atom. The molecule has 0 aliphatic carbocycles. The number of halogens is 1.